The lowest BCUT2D eigenvalue weighted by molar-refractivity contribution is 0.0904. The molecule has 0 saturated heterocycles. The molecule has 6 nitrogen and oxygen atoms in total. The van der Waals surface area contributed by atoms with E-state index in [0.717, 1.165) is 18.4 Å². The fraction of sp³-hybridized carbons (Fsp3) is 0.240. The molecule has 1 aliphatic rings. The van der Waals surface area contributed by atoms with Crippen molar-refractivity contribution in [3.63, 3.8) is 0 Å². The van der Waals surface area contributed by atoms with Crippen LogP contribution in [0.3, 0.4) is 0 Å². The molecule has 0 spiro atoms. The summed E-state index contributed by atoms with van der Waals surface area (Å²) in [4.78, 5) is 38.2. The first-order valence-corrected chi connectivity index (χ1v) is 10.4. The third-order valence-electron chi connectivity index (χ3n) is 5.83. The first kappa shape index (κ1) is 20.6. The molecule has 1 heterocycles. The van der Waals surface area contributed by atoms with Crippen LogP contribution in [0.4, 0.5) is 0 Å². The Bertz CT molecular complexity index is 1140. The van der Waals surface area contributed by atoms with Gasteiger partial charge in [0.05, 0.1) is 12.1 Å². The van der Waals surface area contributed by atoms with Gasteiger partial charge in [-0.1, -0.05) is 60.7 Å². The SMILES string of the molecule is CNC(=O)c1cc(C(=O)NC2CCC2c2ccccc2)cn(Cc2ccccc2)c1=O. The van der Waals surface area contributed by atoms with Gasteiger partial charge in [0.25, 0.3) is 17.4 Å². The minimum absolute atomic E-state index is 0.0350. The van der Waals surface area contributed by atoms with Crippen molar-refractivity contribution in [1.82, 2.24) is 15.2 Å². The van der Waals surface area contributed by atoms with Crippen molar-refractivity contribution >= 4 is 11.8 Å². The smallest absolute Gasteiger partial charge is 0.263 e. The second kappa shape index (κ2) is 9.00. The van der Waals surface area contributed by atoms with E-state index in [1.165, 1.54) is 29.4 Å². The third-order valence-corrected chi connectivity index (χ3v) is 5.83. The van der Waals surface area contributed by atoms with Gasteiger partial charge in [-0.25, -0.2) is 0 Å². The van der Waals surface area contributed by atoms with E-state index in [1.54, 1.807) is 0 Å². The van der Waals surface area contributed by atoms with E-state index >= 15 is 0 Å². The summed E-state index contributed by atoms with van der Waals surface area (Å²) in [7, 11) is 1.47. The maximum atomic E-state index is 13.0. The zero-order valence-corrected chi connectivity index (χ0v) is 17.4. The Labute approximate surface area is 180 Å². The molecule has 2 amide bonds. The van der Waals surface area contributed by atoms with Gasteiger partial charge in [0.15, 0.2) is 0 Å². The van der Waals surface area contributed by atoms with Crippen LogP contribution in [0.15, 0.2) is 77.7 Å². The van der Waals surface area contributed by atoms with Crippen LogP contribution in [0, 0.1) is 0 Å². The molecular formula is C25H25N3O3. The Morgan fingerprint density at radius 2 is 1.65 bits per heavy atom. The van der Waals surface area contributed by atoms with Gasteiger partial charge in [-0.3, -0.25) is 14.4 Å². The van der Waals surface area contributed by atoms with Crippen LogP contribution < -0.4 is 16.2 Å². The van der Waals surface area contributed by atoms with Crippen molar-refractivity contribution in [2.75, 3.05) is 7.05 Å². The van der Waals surface area contributed by atoms with Crippen molar-refractivity contribution in [3.05, 3.63) is 106 Å². The molecule has 0 aliphatic heterocycles. The lowest BCUT2D eigenvalue weighted by atomic mass is 9.75. The molecule has 1 aromatic heterocycles. The molecule has 3 aromatic rings. The number of pyridine rings is 1. The van der Waals surface area contributed by atoms with E-state index in [-0.39, 0.29) is 30.0 Å². The molecule has 1 aliphatic carbocycles. The van der Waals surface area contributed by atoms with Gasteiger partial charge < -0.3 is 15.2 Å². The fourth-order valence-electron chi connectivity index (χ4n) is 3.98. The molecule has 158 valence electrons. The summed E-state index contributed by atoms with van der Waals surface area (Å²) < 4.78 is 1.42. The van der Waals surface area contributed by atoms with Gasteiger partial charge in [0, 0.05) is 25.2 Å². The number of aromatic nitrogens is 1. The highest BCUT2D eigenvalue weighted by atomic mass is 16.2. The lowest BCUT2D eigenvalue weighted by Gasteiger charge is -2.37. The summed E-state index contributed by atoms with van der Waals surface area (Å²) in [5.41, 5.74) is 1.95. The number of nitrogens with one attached hydrogen (secondary N) is 2. The van der Waals surface area contributed by atoms with E-state index in [9.17, 15) is 14.4 Å². The van der Waals surface area contributed by atoms with E-state index < -0.39 is 11.5 Å². The second-order valence-electron chi connectivity index (χ2n) is 7.81. The van der Waals surface area contributed by atoms with Gasteiger partial charge in [-0.05, 0) is 30.0 Å². The normalized spacial score (nSPS) is 17.5. The Hall–Kier alpha value is -3.67. The summed E-state index contributed by atoms with van der Waals surface area (Å²) in [5, 5.41) is 5.58. The lowest BCUT2D eigenvalue weighted by Crippen LogP contribution is -2.45. The Morgan fingerprint density at radius 1 is 0.968 bits per heavy atom. The number of benzene rings is 2. The van der Waals surface area contributed by atoms with Crippen LogP contribution in [0.25, 0.3) is 0 Å². The first-order chi connectivity index (χ1) is 15.1. The molecule has 2 N–H and O–H groups in total. The summed E-state index contributed by atoms with van der Waals surface area (Å²) in [5.74, 6) is -0.511. The van der Waals surface area contributed by atoms with Crippen LogP contribution in [0.1, 0.15) is 50.6 Å². The predicted octanol–water partition coefficient (Wildman–Crippen LogP) is 2.93. The number of nitrogens with zero attached hydrogens (tertiary/aromatic N) is 1. The van der Waals surface area contributed by atoms with Crippen molar-refractivity contribution in [3.8, 4) is 0 Å². The third kappa shape index (κ3) is 4.43. The molecule has 2 atom stereocenters. The van der Waals surface area contributed by atoms with Crippen molar-refractivity contribution in [2.24, 2.45) is 0 Å². The standard InChI is InChI=1S/C25H25N3O3/c1-26-24(30)21-14-19(16-28(25(21)31)15-17-8-4-2-5-9-17)23(29)27-22-13-12-20(22)18-10-6-3-7-11-18/h2-11,14,16,20,22H,12-13,15H2,1H3,(H,26,30)(H,27,29). The highest BCUT2D eigenvalue weighted by molar-refractivity contribution is 5.99. The average molecular weight is 415 g/mol. The van der Waals surface area contributed by atoms with Crippen LogP contribution in [0.2, 0.25) is 0 Å². The van der Waals surface area contributed by atoms with Crippen molar-refractivity contribution in [1.29, 1.82) is 0 Å². The average Bonchev–Trinajstić information content (AvgIpc) is 2.78. The summed E-state index contributed by atoms with van der Waals surface area (Å²) in [6.07, 6.45) is 3.45. The summed E-state index contributed by atoms with van der Waals surface area (Å²) in [6.45, 7) is 0.279. The van der Waals surface area contributed by atoms with Crippen LogP contribution in [-0.4, -0.2) is 29.5 Å². The highest BCUT2D eigenvalue weighted by Gasteiger charge is 2.33. The number of carbonyl (C=O) groups excluding carboxylic acids is 2. The molecule has 2 unspecified atom stereocenters. The number of amides is 2. The quantitative estimate of drug-likeness (QED) is 0.650. The molecule has 1 fully saturated rings. The van der Waals surface area contributed by atoms with Gasteiger partial charge in [-0.2, -0.15) is 0 Å². The maximum absolute atomic E-state index is 13.0. The van der Waals surface area contributed by atoms with Crippen LogP contribution in [-0.2, 0) is 6.54 Å². The fourth-order valence-corrected chi connectivity index (χ4v) is 3.98. The molecule has 4 rings (SSSR count). The van der Waals surface area contributed by atoms with Gasteiger partial charge >= 0.3 is 0 Å². The molecular weight excluding hydrogens is 390 g/mol. The maximum Gasteiger partial charge on any atom is 0.263 e. The monoisotopic (exact) mass is 415 g/mol. The topological polar surface area (TPSA) is 80.2 Å². The van der Waals surface area contributed by atoms with Gasteiger partial charge in [-0.15, -0.1) is 0 Å². The molecule has 0 bridgehead atoms. The minimum Gasteiger partial charge on any atom is -0.355 e. The Balaban J connectivity index is 1.61. The molecule has 2 aromatic carbocycles. The van der Waals surface area contributed by atoms with Gasteiger partial charge in [0.1, 0.15) is 5.56 Å². The Kier molecular flexibility index (Phi) is 5.98. The highest BCUT2D eigenvalue weighted by Crippen LogP contribution is 2.36. The van der Waals surface area contributed by atoms with E-state index in [2.05, 4.69) is 22.8 Å². The zero-order chi connectivity index (χ0) is 21.8. The number of hydrogen-bond acceptors (Lipinski definition) is 3. The number of carbonyl (C=O) groups is 2. The van der Waals surface area contributed by atoms with Crippen molar-refractivity contribution in [2.45, 2.75) is 31.3 Å². The summed E-state index contributed by atoms with van der Waals surface area (Å²) in [6, 6.07) is 21.0. The Morgan fingerprint density at radius 3 is 2.26 bits per heavy atom. The molecule has 6 heteroatoms. The minimum atomic E-state index is -0.507. The summed E-state index contributed by atoms with van der Waals surface area (Å²) >= 11 is 0. The van der Waals surface area contributed by atoms with Crippen LogP contribution >= 0.6 is 0 Å². The van der Waals surface area contributed by atoms with E-state index in [4.69, 9.17) is 0 Å². The largest absolute Gasteiger partial charge is 0.355 e. The second-order valence-corrected chi connectivity index (χ2v) is 7.81. The van der Waals surface area contributed by atoms with E-state index in [1.807, 2.05) is 48.5 Å². The zero-order valence-electron chi connectivity index (χ0n) is 17.4. The molecule has 1 saturated carbocycles. The van der Waals surface area contributed by atoms with Crippen LogP contribution in [0.5, 0.6) is 0 Å². The predicted molar refractivity (Wildman–Crippen MR) is 119 cm³/mol. The number of rotatable bonds is 6. The van der Waals surface area contributed by atoms with Gasteiger partial charge in [0.2, 0.25) is 0 Å². The molecule has 31 heavy (non-hydrogen) atoms. The number of hydrogen-bond donors (Lipinski definition) is 2. The molecule has 0 radical (unpaired) electrons. The van der Waals surface area contributed by atoms with E-state index in [0.29, 0.717) is 5.56 Å². The first-order valence-electron chi connectivity index (χ1n) is 10.4. The van der Waals surface area contributed by atoms with Crippen molar-refractivity contribution < 1.29 is 9.59 Å².